The maximum atomic E-state index is 12.5. The maximum Gasteiger partial charge on any atom is 0.288 e. The van der Waals surface area contributed by atoms with E-state index in [0.29, 0.717) is 25.2 Å². The minimum Gasteiger partial charge on any atom is -0.343 e. The Bertz CT molecular complexity index is 560. The highest BCUT2D eigenvalue weighted by Crippen LogP contribution is 2.65. The molecule has 0 unspecified atom stereocenters. The number of hydrogen-bond acceptors (Lipinski definition) is 4. The zero-order chi connectivity index (χ0) is 16.5. The molecule has 0 aromatic rings. The Balaban J connectivity index is 1.75. The summed E-state index contributed by atoms with van der Waals surface area (Å²) in [4.78, 5) is 12.5. The lowest BCUT2D eigenvalue weighted by Gasteiger charge is -2.57. The molecule has 0 heterocycles. The van der Waals surface area contributed by atoms with E-state index in [1.165, 1.54) is 25.7 Å². The van der Waals surface area contributed by atoms with Crippen LogP contribution in [0.2, 0.25) is 0 Å². The predicted octanol–water partition coefficient (Wildman–Crippen LogP) is 2.52. The molecule has 0 spiro atoms. The van der Waals surface area contributed by atoms with E-state index in [4.69, 9.17) is 0 Å². The Hall–Kier alpha value is -0.710. The van der Waals surface area contributed by atoms with Gasteiger partial charge >= 0.3 is 0 Å². The van der Waals surface area contributed by atoms with Crippen LogP contribution in [-0.4, -0.2) is 27.1 Å². The van der Waals surface area contributed by atoms with Gasteiger partial charge in [-0.1, -0.05) is 25.0 Å². The molecule has 4 rings (SSSR count). The van der Waals surface area contributed by atoms with Crippen LogP contribution in [0.5, 0.6) is 0 Å². The molecule has 5 atom stereocenters. The Morgan fingerprint density at radius 1 is 1.09 bits per heavy atom. The fourth-order valence-electron chi connectivity index (χ4n) is 6.76. The molecule has 0 bridgehead atoms. The molecular weight excluding hydrogens is 292 g/mol. The molecular formula is C19H28O4. The van der Waals surface area contributed by atoms with Crippen LogP contribution in [0, 0.1) is 28.6 Å². The summed E-state index contributed by atoms with van der Waals surface area (Å²) in [6, 6.07) is 0. The van der Waals surface area contributed by atoms with Crippen molar-refractivity contribution in [3.8, 4) is 0 Å². The van der Waals surface area contributed by atoms with Crippen molar-refractivity contribution < 1.29 is 20.1 Å². The van der Waals surface area contributed by atoms with Crippen LogP contribution in [0.1, 0.15) is 64.7 Å². The van der Waals surface area contributed by atoms with Gasteiger partial charge in [0.25, 0.3) is 5.97 Å². The molecule has 4 nitrogen and oxygen atoms in total. The molecule has 4 aliphatic rings. The number of ketones is 1. The minimum absolute atomic E-state index is 0.106. The SMILES string of the molecule is C[C@]12CCCCC1=CC[C@@H]1[C@@H]2CC[C@]2(C(O)(O)O)C(=O)CC[C@@H]12. The first kappa shape index (κ1) is 15.8. The van der Waals surface area contributed by atoms with Crippen LogP contribution in [0.3, 0.4) is 0 Å². The van der Waals surface area contributed by atoms with E-state index in [0.717, 1.165) is 12.8 Å². The van der Waals surface area contributed by atoms with Crippen molar-refractivity contribution in [3.63, 3.8) is 0 Å². The first-order valence-corrected chi connectivity index (χ1v) is 9.20. The standard InChI is InChI=1S/C19H28O4/c1-17-10-3-2-4-12(17)5-6-13-14(17)9-11-18(19(21,22)23)15(13)7-8-16(18)20/h5,13-15,21-23H,2-4,6-11H2,1H3/t13-,14+,15+,17+,18-/m1/s1. The number of rotatable bonds is 1. The number of aliphatic hydroxyl groups is 3. The highest BCUT2D eigenvalue weighted by molar-refractivity contribution is 5.88. The van der Waals surface area contributed by atoms with Gasteiger partial charge in [0.15, 0.2) is 0 Å². The second kappa shape index (κ2) is 4.90. The predicted molar refractivity (Wildman–Crippen MR) is 85.0 cm³/mol. The van der Waals surface area contributed by atoms with Crippen molar-refractivity contribution >= 4 is 5.78 Å². The molecule has 0 radical (unpaired) electrons. The number of hydrogen-bond donors (Lipinski definition) is 3. The van der Waals surface area contributed by atoms with Gasteiger partial charge in [0, 0.05) is 6.42 Å². The number of carbonyl (C=O) groups excluding carboxylic acids is 1. The van der Waals surface area contributed by atoms with E-state index in [-0.39, 0.29) is 23.0 Å². The molecule has 3 N–H and O–H groups in total. The molecule has 3 fully saturated rings. The number of Topliss-reactive ketones (excluding diaryl/α,β-unsaturated/α-hetero) is 1. The zero-order valence-corrected chi connectivity index (χ0v) is 13.9. The molecule has 0 aromatic carbocycles. The van der Waals surface area contributed by atoms with Crippen molar-refractivity contribution in [2.24, 2.45) is 28.6 Å². The summed E-state index contributed by atoms with van der Waals surface area (Å²) in [6.45, 7) is 2.38. The summed E-state index contributed by atoms with van der Waals surface area (Å²) in [6.07, 6.45) is 10.5. The van der Waals surface area contributed by atoms with E-state index >= 15 is 0 Å². The third-order valence-corrected chi connectivity index (χ3v) is 7.88. The van der Waals surface area contributed by atoms with Crippen LogP contribution >= 0.6 is 0 Å². The van der Waals surface area contributed by atoms with Gasteiger partial charge in [0.05, 0.1) is 0 Å². The van der Waals surface area contributed by atoms with Crippen LogP contribution in [-0.2, 0) is 4.79 Å². The Labute approximate surface area is 137 Å². The van der Waals surface area contributed by atoms with Gasteiger partial charge in [-0.2, -0.15) is 0 Å². The van der Waals surface area contributed by atoms with Gasteiger partial charge in [-0.25, -0.2) is 0 Å². The van der Waals surface area contributed by atoms with E-state index in [9.17, 15) is 20.1 Å². The van der Waals surface area contributed by atoms with Gasteiger partial charge in [-0.15, -0.1) is 0 Å². The normalized spacial score (nSPS) is 46.7. The second-order valence-corrected chi connectivity index (χ2v) is 8.57. The van der Waals surface area contributed by atoms with Crippen molar-refractivity contribution in [2.45, 2.75) is 70.7 Å². The minimum atomic E-state index is -2.88. The van der Waals surface area contributed by atoms with Crippen molar-refractivity contribution in [1.29, 1.82) is 0 Å². The third kappa shape index (κ3) is 1.92. The van der Waals surface area contributed by atoms with Gasteiger partial charge < -0.3 is 15.3 Å². The van der Waals surface area contributed by atoms with E-state index < -0.39 is 11.4 Å². The summed E-state index contributed by atoms with van der Waals surface area (Å²) >= 11 is 0. The number of allylic oxidation sites excluding steroid dienone is 2. The highest BCUT2D eigenvalue weighted by atomic mass is 16.7. The summed E-state index contributed by atoms with van der Waals surface area (Å²) in [5.41, 5.74) is 0.442. The number of carbonyl (C=O) groups is 1. The largest absolute Gasteiger partial charge is 0.343 e. The summed E-state index contributed by atoms with van der Waals surface area (Å²) in [5.74, 6) is -2.35. The lowest BCUT2D eigenvalue weighted by Crippen LogP contribution is -2.60. The fourth-order valence-corrected chi connectivity index (χ4v) is 6.76. The second-order valence-electron chi connectivity index (χ2n) is 8.57. The van der Waals surface area contributed by atoms with Gasteiger partial charge in [0.2, 0.25) is 0 Å². The Kier molecular flexibility index (Phi) is 3.37. The van der Waals surface area contributed by atoms with E-state index in [1.807, 2.05) is 0 Å². The van der Waals surface area contributed by atoms with E-state index in [1.54, 1.807) is 5.57 Å². The number of fused-ring (bicyclic) bond motifs is 5. The molecule has 128 valence electrons. The molecule has 3 saturated carbocycles. The monoisotopic (exact) mass is 320 g/mol. The molecule has 0 aliphatic heterocycles. The van der Waals surface area contributed by atoms with Crippen LogP contribution in [0.4, 0.5) is 0 Å². The molecule has 23 heavy (non-hydrogen) atoms. The highest BCUT2D eigenvalue weighted by Gasteiger charge is 2.67. The quantitative estimate of drug-likeness (QED) is 0.512. The first-order chi connectivity index (χ1) is 10.8. The van der Waals surface area contributed by atoms with Crippen LogP contribution in [0.15, 0.2) is 11.6 Å². The van der Waals surface area contributed by atoms with Crippen molar-refractivity contribution in [1.82, 2.24) is 0 Å². The lowest BCUT2D eigenvalue weighted by atomic mass is 9.47. The summed E-state index contributed by atoms with van der Waals surface area (Å²) < 4.78 is 0. The topological polar surface area (TPSA) is 77.8 Å². The molecule has 4 aliphatic carbocycles. The molecule has 0 saturated heterocycles. The Morgan fingerprint density at radius 3 is 2.61 bits per heavy atom. The smallest absolute Gasteiger partial charge is 0.288 e. The van der Waals surface area contributed by atoms with Gasteiger partial charge in [0.1, 0.15) is 11.2 Å². The van der Waals surface area contributed by atoms with Gasteiger partial charge in [-0.05, 0) is 68.1 Å². The summed E-state index contributed by atoms with van der Waals surface area (Å²) in [5, 5.41) is 30.1. The fraction of sp³-hybridized carbons (Fsp3) is 0.842. The molecule has 0 aromatic heterocycles. The van der Waals surface area contributed by atoms with Crippen LogP contribution < -0.4 is 0 Å². The van der Waals surface area contributed by atoms with Gasteiger partial charge in [-0.3, -0.25) is 4.79 Å². The van der Waals surface area contributed by atoms with E-state index in [2.05, 4.69) is 13.0 Å². The molecule has 4 heteroatoms. The molecule has 0 amide bonds. The average Bonchev–Trinajstić information content (AvgIpc) is 2.85. The average molecular weight is 320 g/mol. The van der Waals surface area contributed by atoms with Crippen molar-refractivity contribution in [2.75, 3.05) is 0 Å². The lowest BCUT2D eigenvalue weighted by molar-refractivity contribution is -0.380. The first-order valence-electron chi connectivity index (χ1n) is 9.20. The van der Waals surface area contributed by atoms with Crippen molar-refractivity contribution in [3.05, 3.63) is 11.6 Å². The third-order valence-electron chi connectivity index (χ3n) is 7.88. The summed E-state index contributed by atoms with van der Waals surface area (Å²) in [7, 11) is 0. The van der Waals surface area contributed by atoms with Crippen LogP contribution in [0.25, 0.3) is 0 Å². The zero-order valence-electron chi connectivity index (χ0n) is 13.9. The Morgan fingerprint density at radius 2 is 1.87 bits per heavy atom. The maximum absolute atomic E-state index is 12.5.